The van der Waals surface area contributed by atoms with Crippen LogP contribution in [-0.4, -0.2) is 24.6 Å². The van der Waals surface area contributed by atoms with Gasteiger partial charge in [-0.3, -0.25) is 0 Å². The molecule has 0 unspecified atom stereocenters. The van der Waals surface area contributed by atoms with Crippen LogP contribution in [0, 0.1) is 11.6 Å². The molecule has 1 fully saturated rings. The van der Waals surface area contributed by atoms with Gasteiger partial charge in [-0.05, 0) is 12.1 Å². The van der Waals surface area contributed by atoms with Crippen molar-refractivity contribution in [2.24, 2.45) is 0 Å². The maximum atomic E-state index is 13.5. The molecule has 0 aromatic heterocycles. The molecule has 1 aromatic carbocycles. The second kappa shape index (κ2) is 5.75. The van der Waals surface area contributed by atoms with Gasteiger partial charge in [0.25, 0.3) is 0 Å². The van der Waals surface area contributed by atoms with Gasteiger partial charge in [0.2, 0.25) is 0 Å². The van der Waals surface area contributed by atoms with E-state index in [0.29, 0.717) is 13.1 Å². The molecule has 2 N–H and O–H groups in total. The molecule has 0 atom stereocenters. The van der Waals surface area contributed by atoms with E-state index in [2.05, 4.69) is 0 Å². The molecule has 0 aliphatic carbocycles. The van der Waals surface area contributed by atoms with Gasteiger partial charge in [-0.15, -0.1) is 0 Å². The molecule has 0 radical (unpaired) electrons. The fraction of sp³-hybridized carbons (Fsp3) is 0.400. The number of halogens is 2. The number of benzene rings is 1. The summed E-state index contributed by atoms with van der Waals surface area (Å²) in [5.74, 6) is 0.672. The number of nitrogen functional groups attached to an aromatic ring is 1. The Morgan fingerprint density at radius 1 is 1.12 bits per heavy atom. The van der Waals surface area contributed by atoms with Crippen molar-refractivity contribution in [3.63, 3.8) is 0 Å². The van der Waals surface area contributed by atoms with Crippen molar-refractivity contribution in [1.82, 2.24) is 0 Å². The minimum atomic E-state index is -0.570. The number of hydrogen-bond donors (Lipinski definition) is 1. The van der Waals surface area contributed by atoms with Gasteiger partial charge in [0.15, 0.2) is 11.6 Å². The quantitative estimate of drug-likeness (QED) is 0.633. The average Bonchev–Trinajstić information content (AvgIpc) is 2.17. The first-order valence-corrected chi connectivity index (χ1v) is 5.91. The molecule has 1 heterocycles. The first-order valence-electron chi connectivity index (χ1n) is 4.75. The van der Waals surface area contributed by atoms with Crippen molar-refractivity contribution in [3.8, 4) is 0 Å². The molecule has 0 amide bonds. The van der Waals surface area contributed by atoms with Crippen LogP contribution >= 0.6 is 11.8 Å². The van der Waals surface area contributed by atoms with Gasteiger partial charge in [0.1, 0.15) is 5.69 Å². The molecule has 1 aliphatic rings. The molecule has 2 rings (SSSR count). The average molecular weight is 286 g/mol. The van der Waals surface area contributed by atoms with Crippen molar-refractivity contribution in [2.75, 3.05) is 35.2 Å². The van der Waals surface area contributed by atoms with E-state index in [1.807, 2.05) is 0 Å². The molecule has 2 nitrogen and oxygen atoms in total. The molecule has 6 heteroatoms. The summed E-state index contributed by atoms with van der Waals surface area (Å²) in [6, 6.07) is 2.33. The Bertz CT molecular complexity index is 347. The van der Waals surface area contributed by atoms with Crippen LogP contribution in [0.1, 0.15) is 0 Å². The van der Waals surface area contributed by atoms with Crippen LogP contribution < -0.4 is 10.6 Å². The van der Waals surface area contributed by atoms with E-state index in [-0.39, 0.29) is 28.4 Å². The predicted octanol–water partition coefficient (Wildman–Crippen LogP) is 2.10. The Hall–Kier alpha value is -0.451. The summed E-state index contributed by atoms with van der Waals surface area (Å²) in [4.78, 5) is 1.74. The molecule has 0 spiro atoms. The van der Waals surface area contributed by atoms with Gasteiger partial charge < -0.3 is 10.6 Å². The normalized spacial score (nSPS) is 15.8. The third-order valence-corrected chi connectivity index (χ3v) is 3.31. The third kappa shape index (κ3) is 2.81. The van der Waals surface area contributed by atoms with Crippen LogP contribution in [-0.2, 0) is 17.1 Å². The maximum Gasteiger partial charge on any atom is 0.151 e. The Labute approximate surface area is 108 Å². The largest absolute Gasteiger partial charge is 0.399 e. The molecule has 16 heavy (non-hydrogen) atoms. The topological polar surface area (TPSA) is 29.3 Å². The van der Waals surface area contributed by atoms with Crippen molar-refractivity contribution in [1.29, 1.82) is 0 Å². The van der Waals surface area contributed by atoms with Gasteiger partial charge in [-0.25, -0.2) is 8.78 Å². The van der Waals surface area contributed by atoms with Gasteiger partial charge in [0, 0.05) is 47.4 Å². The zero-order valence-electron chi connectivity index (χ0n) is 8.53. The van der Waals surface area contributed by atoms with Crippen LogP contribution in [0.4, 0.5) is 20.2 Å². The smallest absolute Gasteiger partial charge is 0.151 e. The molecule has 1 aromatic rings. The molecule has 1 saturated heterocycles. The molecular weight excluding hydrogens is 274 g/mol. The fourth-order valence-electron chi connectivity index (χ4n) is 1.67. The van der Waals surface area contributed by atoms with E-state index in [0.717, 1.165) is 11.5 Å². The van der Waals surface area contributed by atoms with Crippen LogP contribution in [0.5, 0.6) is 0 Å². The van der Waals surface area contributed by atoms with E-state index in [1.54, 1.807) is 16.7 Å². The van der Waals surface area contributed by atoms with E-state index in [1.165, 1.54) is 12.1 Å². The number of thioether (sulfide) groups is 1. The van der Waals surface area contributed by atoms with Crippen molar-refractivity contribution < 1.29 is 25.8 Å². The first kappa shape index (κ1) is 13.6. The minimum Gasteiger partial charge on any atom is -0.399 e. The second-order valence-corrected chi connectivity index (χ2v) is 4.66. The summed E-state index contributed by atoms with van der Waals surface area (Å²) in [5.41, 5.74) is 5.54. The molecular formula is C10H12F2FeN2S. The van der Waals surface area contributed by atoms with E-state index in [4.69, 9.17) is 5.73 Å². The Kier molecular flexibility index (Phi) is 4.89. The Balaban J connectivity index is 0.00000128. The Morgan fingerprint density at radius 3 is 2.12 bits per heavy atom. The molecule has 0 bridgehead atoms. The van der Waals surface area contributed by atoms with Gasteiger partial charge in [-0.2, -0.15) is 11.8 Å². The van der Waals surface area contributed by atoms with Crippen molar-refractivity contribution >= 4 is 23.1 Å². The van der Waals surface area contributed by atoms with Crippen LogP contribution in [0.25, 0.3) is 0 Å². The maximum absolute atomic E-state index is 13.5. The summed E-state index contributed by atoms with van der Waals surface area (Å²) in [6.45, 7) is 1.37. The number of nitrogens with zero attached hydrogens (tertiary/aromatic N) is 1. The van der Waals surface area contributed by atoms with Crippen LogP contribution in [0.15, 0.2) is 12.1 Å². The van der Waals surface area contributed by atoms with Crippen LogP contribution in [0.3, 0.4) is 0 Å². The van der Waals surface area contributed by atoms with Crippen LogP contribution in [0.2, 0.25) is 0 Å². The van der Waals surface area contributed by atoms with Gasteiger partial charge in [-0.1, -0.05) is 0 Å². The Morgan fingerprint density at radius 2 is 1.62 bits per heavy atom. The van der Waals surface area contributed by atoms with Gasteiger partial charge in [0.05, 0.1) is 0 Å². The summed E-state index contributed by atoms with van der Waals surface area (Å²) in [6.07, 6.45) is 0. The molecule has 0 saturated carbocycles. The monoisotopic (exact) mass is 286 g/mol. The number of hydrogen-bond acceptors (Lipinski definition) is 3. The summed E-state index contributed by atoms with van der Waals surface area (Å²) >= 11 is 1.80. The van der Waals surface area contributed by atoms with E-state index >= 15 is 0 Å². The SMILES string of the molecule is Nc1cc(F)c(N2CCSCC2)c(F)c1.[Fe]. The minimum absolute atomic E-state index is 0. The van der Waals surface area contributed by atoms with E-state index in [9.17, 15) is 8.78 Å². The number of nitrogens with two attached hydrogens (primary N) is 1. The zero-order valence-corrected chi connectivity index (χ0v) is 10.4. The summed E-state index contributed by atoms with van der Waals surface area (Å²) in [7, 11) is 0. The zero-order chi connectivity index (χ0) is 10.8. The first-order chi connectivity index (χ1) is 7.18. The third-order valence-electron chi connectivity index (χ3n) is 2.37. The molecule has 90 valence electrons. The standard InChI is InChI=1S/C10H12F2N2S.Fe/c11-8-5-7(13)6-9(12)10(8)14-1-3-15-4-2-14;/h5-6H,1-4,13H2;. The van der Waals surface area contributed by atoms with Gasteiger partial charge >= 0.3 is 0 Å². The van der Waals surface area contributed by atoms with Crippen molar-refractivity contribution in [3.05, 3.63) is 23.8 Å². The summed E-state index contributed by atoms with van der Waals surface area (Å²) in [5, 5.41) is 0. The summed E-state index contributed by atoms with van der Waals surface area (Å²) < 4.78 is 27.1. The predicted molar refractivity (Wildman–Crippen MR) is 60.3 cm³/mol. The number of anilines is 2. The number of rotatable bonds is 1. The van der Waals surface area contributed by atoms with E-state index < -0.39 is 11.6 Å². The fourth-order valence-corrected chi connectivity index (χ4v) is 2.58. The van der Waals surface area contributed by atoms with Crippen molar-refractivity contribution in [2.45, 2.75) is 0 Å². The second-order valence-electron chi connectivity index (χ2n) is 3.43. The molecule has 1 aliphatic heterocycles.